The van der Waals surface area contributed by atoms with Crippen molar-refractivity contribution >= 4 is 11.8 Å². The molecule has 0 spiro atoms. The molecule has 0 aliphatic rings. The van der Waals surface area contributed by atoms with E-state index in [9.17, 15) is 8.78 Å². The third kappa shape index (κ3) is 5.12. The van der Waals surface area contributed by atoms with Crippen molar-refractivity contribution in [3.63, 3.8) is 0 Å². The normalized spacial score (nSPS) is 10.8. The average Bonchev–Trinajstić information content (AvgIpc) is 2.74. The Balaban J connectivity index is 1.58. The molecule has 0 bridgehead atoms. The zero-order valence-corrected chi connectivity index (χ0v) is 16.6. The average molecular weight is 403 g/mol. The van der Waals surface area contributed by atoms with Crippen LogP contribution in [0.3, 0.4) is 0 Å². The van der Waals surface area contributed by atoms with Crippen LogP contribution < -0.4 is 0 Å². The molecule has 0 amide bonds. The van der Waals surface area contributed by atoms with Gasteiger partial charge < -0.3 is 0 Å². The minimum Gasteiger partial charge on any atom is -0.207 e. The van der Waals surface area contributed by atoms with Crippen molar-refractivity contribution < 1.29 is 8.78 Å². The second-order valence-corrected chi connectivity index (χ2v) is 8.01. The highest BCUT2D eigenvalue weighted by Gasteiger charge is 2.09. The number of benzene rings is 4. The molecule has 4 aromatic rings. The van der Waals surface area contributed by atoms with E-state index in [4.69, 9.17) is 0 Å². The van der Waals surface area contributed by atoms with Crippen LogP contribution in [0.5, 0.6) is 0 Å². The molecule has 29 heavy (non-hydrogen) atoms. The predicted octanol–water partition coefficient (Wildman–Crippen LogP) is 7.30. The van der Waals surface area contributed by atoms with Gasteiger partial charge in [0.15, 0.2) is 0 Å². The highest BCUT2D eigenvalue weighted by molar-refractivity contribution is 7.99. The van der Waals surface area contributed by atoms with Crippen molar-refractivity contribution in [3.05, 3.63) is 131 Å². The quantitative estimate of drug-likeness (QED) is 0.326. The highest BCUT2D eigenvalue weighted by Crippen LogP contribution is 2.34. The van der Waals surface area contributed by atoms with Gasteiger partial charge in [-0.05, 0) is 71.5 Å². The lowest BCUT2D eigenvalue weighted by Crippen LogP contribution is -1.94. The molecule has 4 aromatic carbocycles. The van der Waals surface area contributed by atoms with Crippen molar-refractivity contribution in [1.82, 2.24) is 0 Å². The summed E-state index contributed by atoms with van der Waals surface area (Å²) in [6, 6.07) is 30.0. The lowest BCUT2D eigenvalue weighted by molar-refractivity contribution is 0.627. The SMILES string of the molecule is Fc1ccc(Cc2ccccc2Sc2ccccc2Cc2ccc(F)cc2)cc1. The number of hydrogen-bond donors (Lipinski definition) is 0. The van der Waals surface area contributed by atoms with Gasteiger partial charge in [-0.25, -0.2) is 8.78 Å². The Hall–Kier alpha value is -2.91. The summed E-state index contributed by atoms with van der Waals surface area (Å²) >= 11 is 1.74. The molecule has 0 fully saturated rings. The van der Waals surface area contributed by atoms with Gasteiger partial charge in [0, 0.05) is 9.79 Å². The van der Waals surface area contributed by atoms with E-state index in [-0.39, 0.29) is 11.6 Å². The van der Waals surface area contributed by atoms with Gasteiger partial charge in [0.25, 0.3) is 0 Å². The van der Waals surface area contributed by atoms with E-state index in [1.165, 1.54) is 45.2 Å². The first-order valence-electron chi connectivity index (χ1n) is 9.50. The maximum Gasteiger partial charge on any atom is 0.123 e. The Labute approximate surface area is 174 Å². The van der Waals surface area contributed by atoms with Crippen LogP contribution in [0, 0.1) is 11.6 Å². The van der Waals surface area contributed by atoms with E-state index >= 15 is 0 Å². The zero-order valence-electron chi connectivity index (χ0n) is 15.8. The van der Waals surface area contributed by atoms with Crippen molar-refractivity contribution in [2.75, 3.05) is 0 Å². The monoisotopic (exact) mass is 402 g/mol. The summed E-state index contributed by atoms with van der Waals surface area (Å²) in [5.41, 5.74) is 4.58. The second-order valence-electron chi connectivity index (χ2n) is 6.92. The topological polar surface area (TPSA) is 0 Å². The summed E-state index contributed by atoms with van der Waals surface area (Å²) in [4.78, 5) is 2.37. The van der Waals surface area contributed by atoms with Gasteiger partial charge in [-0.1, -0.05) is 72.4 Å². The highest BCUT2D eigenvalue weighted by atomic mass is 32.2. The minimum absolute atomic E-state index is 0.217. The van der Waals surface area contributed by atoms with Crippen molar-refractivity contribution in [2.45, 2.75) is 22.6 Å². The first kappa shape index (κ1) is 19.4. The number of rotatable bonds is 6. The Morgan fingerprint density at radius 3 is 1.28 bits per heavy atom. The van der Waals surface area contributed by atoms with Crippen LogP contribution in [0.15, 0.2) is 107 Å². The van der Waals surface area contributed by atoms with Gasteiger partial charge >= 0.3 is 0 Å². The van der Waals surface area contributed by atoms with E-state index in [1.54, 1.807) is 11.8 Å². The Kier molecular flexibility index (Phi) is 6.06. The molecule has 144 valence electrons. The first-order chi connectivity index (χ1) is 14.2. The molecule has 0 nitrogen and oxygen atoms in total. The molecule has 0 saturated heterocycles. The second kappa shape index (κ2) is 9.06. The zero-order chi connectivity index (χ0) is 20.1. The summed E-state index contributed by atoms with van der Waals surface area (Å²) in [5, 5.41) is 0. The molecule has 0 N–H and O–H groups in total. The fraction of sp³-hybridized carbons (Fsp3) is 0.0769. The maximum absolute atomic E-state index is 13.2. The van der Waals surface area contributed by atoms with Gasteiger partial charge in [0.1, 0.15) is 11.6 Å². The van der Waals surface area contributed by atoms with Crippen LogP contribution >= 0.6 is 11.8 Å². The third-order valence-electron chi connectivity index (χ3n) is 4.78. The van der Waals surface area contributed by atoms with Gasteiger partial charge in [-0.3, -0.25) is 0 Å². The van der Waals surface area contributed by atoms with Gasteiger partial charge in [-0.2, -0.15) is 0 Å². The summed E-state index contributed by atoms with van der Waals surface area (Å²) in [7, 11) is 0. The molecular formula is C26H20F2S. The molecule has 0 saturated carbocycles. The smallest absolute Gasteiger partial charge is 0.123 e. The number of hydrogen-bond acceptors (Lipinski definition) is 1. The van der Waals surface area contributed by atoms with Gasteiger partial charge in [0.05, 0.1) is 0 Å². The fourth-order valence-electron chi connectivity index (χ4n) is 3.26. The minimum atomic E-state index is -0.217. The van der Waals surface area contributed by atoms with Crippen molar-refractivity contribution in [2.24, 2.45) is 0 Å². The molecule has 0 heterocycles. The lowest BCUT2D eigenvalue weighted by atomic mass is 10.0. The summed E-state index contributed by atoms with van der Waals surface area (Å²) in [6.45, 7) is 0. The summed E-state index contributed by atoms with van der Waals surface area (Å²) in [5.74, 6) is -0.433. The maximum atomic E-state index is 13.2. The molecule has 0 unspecified atom stereocenters. The van der Waals surface area contributed by atoms with E-state index < -0.39 is 0 Å². The largest absolute Gasteiger partial charge is 0.207 e. The van der Waals surface area contributed by atoms with Crippen molar-refractivity contribution in [1.29, 1.82) is 0 Å². The van der Waals surface area contributed by atoms with Crippen molar-refractivity contribution in [3.8, 4) is 0 Å². The van der Waals surface area contributed by atoms with Crippen LogP contribution in [0.25, 0.3) is 0 Å². The molecule has 0 atom stereocenters. The molecule has 0 aliphatic heterocycles. The van der Waals surface area contributed by atoms with Gasteiger partial charge in [-0.15, -0.1) is 0 Å². The first-order valence-corrected chi connectivity index (χ1v) is 10.3. The number of halogens is 2. The lowest BCUT2D eigenvalue weighted by Gasteiger charge is -2.13. The molecule has 4 rings (SSSR count). The molecule has 0 aliphatic carbocycles. The van der Waals surface area contributed by atoms with E-state index in [2.05, 4.69) is 24.3 Å². The van der Waals surface area contributed by atoms with E-state index in [1.807, 2.05) is 48.5 Å². The predicted molar refractivity (Wildman–Crippen MR) is 115 cm³/mol. The Morgan fingerprint density at radius 2 is 0.862 bits per heavy atom. The molecule has 0 radical (unpaired) electrons. The Morgan fingerprint density at radius 1 is 0.483 bits per heavy atom. The fourth-order valence-corrected chi connectivity index (χ4v) is 4.33. The van der Waals surface area contributed by atoms with Crippen LogP contribution in [-0.4, -0.2) is 0 Å². The van der Waals surface area contributed by atoms with Crippen LogP contribution in [0.1, 0.15) is 22.3 Å². The van der Waals surface area contributed by atoms with Gasteiger partial charge in [0.2, 0.25) is 0 Å². The molecule has 3 heteroatoms. The molecular weight excluding hydrogens is 382 g/mol. The Bertz CT molecular complexity index is 997. The van der Waals surface area contributed by atoms with Crippen LogP contribution in [0.2, 0.25) is 0 Å². The summed E-state index contributed by atoms with van der Waals surface area (Å²) in [6.07, 6.45) is 1.51. The van der Waals surface area contributed by atoms with E-state index in [0.29, 0.717) is 0 Å². The molecule has 0 aromatic heterocycles. The summed E-state index contributed by atoms with van der Waals surface area (Å²) < 4.78 is 26.4. The van der Waals surface area contributed by atoms with Crippen LogP contribution in [0.4, 0.5) is 8.78 Å². The standard InChI is InChI=1S/C26H20F2S/c27-23-13-9-19(10-14-23)17-21-5-1-3-7-25(21)29-26-8-4-2-6-22(26)18-20-11-15-24(28)16-12-20/h1-16H,17-18H2. The van der Waals surface area contributed by atoms with E-state index in [0.717, 1.165) is 24.0 Å². The third-order valence-corrected chi connectivity index (χ3v) is 6.02. The van der Waals surface area contributed by atoms with Crippen LogP contribution in [-0.2, 0) is 12.8 Å².